The highest BCUT2D eigenvalue weighted by molar-refractivity contribution is 6.01. The lowest BCUT2D eigenvalue weighted by molar-refractivity contribution is -0.137. The molecule has 232 valence electrons. The monoisotopic (exact) mass is 601 g/mol. The average Bonchev–Trinajstić information content (AvgIpc) is 3.38. The Morgan fingerprint density at radius 1 is 0.909 bits per heavy atom. The number of benzene rings is 3. The van der Waals surface area contributed by atoms with Crippen LogP contribution in [0.1, 0.15) is 53.0 Å². The van der Waals surface area contributed by atoms with Crippen LogP contribution in [-0.4, -0.2) is 54.3 Å². The molecule has 0 saturated heterocycles. The van der Waals surface area contributed by atoms with Crippen LogP contribution < -0.4 is 20.1 Å². The number of methoxy groups -OCH3 is 2. The number of para-hydroxylation sites is 1. The fourth-order valence-corrected chi connectivity index (χ4v) is 5.25. The minimum atomic E-state index is -1.09. The van der Waals surface area contributed by atoms with E-state index in [-0.39, 0.29) is 18.9 Å². The zero-order valence-electron chi connectivity index (χ0n) is 25.5. The molecule has 0 spiro atoms. The Bertz CT molecular complexity index is 1570. The molecule has 0 bridgehead atoms. The van der Waals surface area contributed by atoms with Crippen molar-refractivity contribution >= 4 is 28.7 Å². The number of fused-ring (bicyclic) bond motifs is 1. The van der Waals surface area contributed by atoms with Crippen LogP contribution in [0.4, 0.5) is 0 Å². The van der Waals surface area contributed by atoms with Crippen molar-refractivity contribution in [2.24, 2.45) is 0 Å². The van der Waals surface area contributed by atoms with E-state index in [4.69, 9.17) is 14.2 Å². The quantitative estimate of drug-likeness (QED) is 0.175. The van der Waals surface area contributed by atoms with Gasteiger partial charge >= 0.3 is 5.97 Å². The number of aliphatic carboxylic acids is 1. The number of carboxylic acids is 1. The molecule has 10 heteroatoms. The fraction of sp³-hybridized carbons (Fsp3) is 0.324. The molecule has 3 N–H and O–H groups in total. The summed E-state index contributed by atoms with van der Waals surface area (Å²) in [5, 5.41) is 16.2. The summed E-state index contributed by atoms with van der Waals surface area (Å²) in [5.41, 5.74) is 3.29. The predicted molar refractivity (Wildman–Crippen MR) is 167 cm³/mol. The number of carbonyl (C=O) groups excluding carboxylic acids is 2. The van der Waals surface area contributed by atoms with Gasteiger partial charge in [0, 0.05) is 10.9 Å². The SMILES string of the molecule is CCCC(NC(=O)C(COCc1ccccc1)NC(=O)c1cc2ccccc2n1CC(=O)O)c1c(OC)cc(C)cc1OC. The topological polar surface area (TPSA) is 128 Å². The van der Waals surface area contributed by atoms with E-state index in [0.29, 0.717) is 34.4 Å². The van der Waals surface area contributed by atoms with Gasteiger partial charge in [-0.25, -0.2) is 0 Å². The van der Waals surface area contributed by atoms with Gasteiger partial charge in [-0.2, -0.15) is 0 Å². The number of hydrogen-bond acceptors (Lipinski definition) is 6. The molecule has 0 aliphatic heterocycles. The Morgan fingerprint density at radius 3 is 2.20 bits per heavy atom. The summed E-state index contributed by atoms with van der Waals surface area (Å²) in [6.45, 7) is 3.64. The first-order chi connectivity index (χ1) is 21.2. The van der Waals surface area contributed by atoms with Gasteiger partial charge < -0.3 is 34.5 Å². The molecule has 1 aromatic heterocycles. The highest BCUT2D eigenvalue weighted by Gasteiger charge is 2.29. The first-order valence-electron chi connectivity index (χ1n) is 14.5. The molecule has 44 heavy (non-hydrogen) atoms. The molecular formula is C34H39N3O7. The van der Waals surface area contributed by atoms with Gasteiger partial charge in [0.1, 0.15) is 29.8 Å². The van der Waals surface area contributed by atoms with Crippen molar-refractivity contribution in [2.75, 3.05) is 20.8 Å². The van der Waals surface area contributed by atoms with Crippen molar-refractivity contribution in [3.8, 4) is 11.5 Å². The van der Waals surface area contributed by atoms with Crippen molar-refractivity contribution in [1.29, 1.82) is 0 Å². The molecule has 2 amide bonds. The van der Waals surface area contributed by atoms with Crippen LogP contribution in [0.5, 0.6) is 11.5 Å². The lowest BCUT2D eigenvalue weighted by Crippen LogP contribution is -2.50. The van der Waals surface area contributed by atoms with Crippen LogP contribution in [0.2, 0.25) is 0 Å². The van der Waals surface area contributed by atoms with Crippen LogP contribution in [0, 0.1) is 6.92 Å². The van der Waals surface area contributed by atoms with E-state index in [1.54, 1.807) is 38.5 Å². The minimum absolute atomic E-state index is 0.118. The molecule has 2 atom stereocenters. The number of nitrogens with one attached hydrogen (secondary N) is 2. The highest BCUT2D eigenvalue weighted by Crippen LogP contribution is 2.37. The summed E-state index contributed by atoms with van der Waals surface area (Å²) in [5.74, 6) is -0.984. The van der Waals surface area contributed by atoms with E-state index in [0.717, 1.165) is 17.5 Å². The fourth-order valence-electron chi connectivity index (χ4n) is 5.25. The number of rotatable bonds is 15. The summed E-state index contributed by atoms with van der Waals surface area (Å²) in [4.78, 5) is 39.3. The van der Waals surface area contributed by atoms with E-state index in [1.807, 2.05) is 62.4 Å². The Balaban J connectivity index is 1.64. The normalized spacial score (nSPS) is 12.4. The summed E-state index contributed by atoms with van der Waals surface area (Å²) >= 11 is 0. The number of hydrogen-bond donors (Lipinski definition) is 3. The summed E-state index contributed by atoms with van der Waals surface area (Å²) in [7, 11) is 3.14. The Kier molecular flexibility index (Phi) is 11.0. The standard InChI is InChI=1S/C34H39N3O7/c1-5-11-25(32-29(42-3)16-22(2)17-30(32)43-4)35-33(40)26(21-44-20-23-12-7-6-8-13-23)36-34(41)28-18-24-14-9-10-15-27(24)37(28)19-31(38)39/h6-10,12-18,25-26H,5,11,19-21H2,1-4H3,(H,35,40)(H,36,41)(H,38,39). The average molecular weight is 602 g/mol. The lowest BCUT2D eigenvalue weighted by Gasteiger charge is -2.26. The van der Waals surface area contributed by atoms with Crippen molar-refractivity contribution in [2.45, 2.75) is 51.9 Å². The molecule has 0 saturated carbocycles. The third-order valence-electron chi connectivity index (χ3n) is 7.29. The molecule has 0 aliphatic rings. The first kappa shape index (κ1) is 32.1. The van der Waals surface area contributed by atoms with Gasteiger partial charge in [-0.15, -0.1) is 0 Å². The Labute approximate surface area is 256 Å². The van der Waals surface area contributed by atoms with Gasteiger partial charge in [0.05, 0.1) is 39.0 Å². The van der Waals surface area contributed by atoms with Gasteiger partial charge in [0.2, 0.25) is 5.91 Å². The number of ether oxygens (including phenoxy) is 3. The maximum absolute atomic E-state index is 13.9. The highest BCUT2D eigenvalue weighted by atomic mass is 16.5. The molecule has 4 aromatic rings. The molecule has 0 fully saturated rings. The lowest BCUT2D eigenvalue weighted by atomic mass is 9.98. The number of carbonyl (C=O) groups is 3. The van der Waals surface area contributed by atoms with Crippen molar-refractivity contribution in [3.63, 3.8) is 0 Å². The second kappa shape index (κ2) is 15.1. The van der Waals surface area contributed by atoms with E-state index in [2.05, 4.69) is 10.6 Å². The molecule has 3 aromatic carbocycles. The number of aromatic nitrogens is 1. The van der Waals surface area contributed by atoms with E-state index < -0.39 is 36.4 Å². The molecule has 1 heterocycles. The molecule has 4 rings (SSSR count). The maximum atomic E-state index is 13.9. The number of carboxylic acid groups (broad SMARTS) is 1. The van der Waals surface area contributed by atoms with Crippen LogP contribution in [0.15, 0.2) is 72.8 Å². The van der Waals surface area contributed by atoms with Gasteiger partial charge in [0.15, 0.2) is 0 Å². The Morgan fingerprint density at radius 2 is 1.57 bits per heavy atom. The van der Waals surface area contributed by atoms with Crippen LogP contribution in [0.25, 0.3) is 10.9 Å². The number of amides is 2. The Hall–Kier alpha value is -4.83. The molecular weight excluding hydrogens is 562 g/mol. The second-order valence-corrected chi connectivity index (χ2v) is 10.5. The van der Waals surface area contributed by atoms with Crippen molar-refractivity contribution < 1.29 is 33.7 Å². The van der Waals surface area contributed by atoms with Crippen molar-refractivity contribution in [1.82, 2.24) is 15.2 Å². The zero-order chi connectivity index (χ0) is 31.6. The molecule has 0 radical (unpaired) electrons. The van der Waals surface area contributed by atoms with E-state index in [1.165, 1.54) is 4.57 Å². The largest absolute Gasteiger partial charge is 0.496 e. The maximum Gasteiger partial charge on any atom is 0.323 e. The number of aryl methyl sites for hydroxylation is 1. The summed E-state index contributed by atoms with van der Waals surface area (Å²) < 4.78 is 18.7. The predicted octanol–water partition coefficient (Wildman–Crippen LogP) is 5.02. The minimum Gasteiger partial charge on any atom is -0.496 e. The smallest absolute Gasteiger partial charge is 0.323 e. The first-order valence-corrected chi connectivity index (χ1v) is 14.5. The second-order valence-electron chi connectivity index (χ2n) is 10.5. The van der Waals surface area contributed by atoms with Crippen molar-refractivity contribution in [3.05, 3.63) is 95.2 Å². The van der Waals surface area contributed by atoms with Gasteiger partial charge in [-0.05, 0) is 48.7 Å². The zero-order valence-corrected chi connectivity index (χ0v) is 25.5. The van der Waals surface area contributed by atoms with Gasteiger partial charge in [0.25, 0.3) is 5.91 Å². The van der Waals surface area contributed by atoms with Gasteiger partial charge in [-0.3, -0.25) is 14.4 Å². The third kappa shape index (κ3) is 7.76. The molecule has 10 nitrogen and oxygen atoms in total. The summed E-state index contributed by atoms with van der Waals surface area (Å²) in [6, 6.07) is 20.5. The summed E-state index contributed by atoms with van der Waals surface area (Å²) in [6.07, 6.45) is 1.34. The van der Waals surface area contributed by atoms with E-state index in [9.17, 15) is 19.5 Å². The van der Waals surface area contributed by atoms with Crippen LogP contribution in [-0.2, 0) is 27.5 Å². The van der Waals surface area contributed by atoms with Gasteiger partial charge in [-0.1, -0.05) is 61.9 Å². The molecule has 2 unspecified atom stereocenters. The third-order valence-corrected chi connectivity index (χ3v) is 7.29. The number of nitrogens with zero attached hydrogens (tertiary/aromatic N) is 1. The van der Waals surface area contributed by atoms with Crippen LogP contribution in [0.3, 0.4) is 0 Å². The molecule has 0 aliphatic carbocycles. The van der Waals surface area contributed by atoms with E-state index >= 15 is 0 Å². The van der Waals surface area contributed by atoms with Crippen LogP contribution >= 0.6 is 0 Å².